The van der Waals surface area contributed by atoms with Crippen LogP contribution in [0.15, 0.2) is 24.5 Å². The van der Waals surface area contributed by atoms with E-state index < -0.39 is 11.7 Å². The van der Waals surface area contributed by atoms with Crippen molar-refractivity contribution in [1.29, 1.82) is 0 Å². The Morgan fingerprint density at radius 3 is 2.83 bits per heavy atom. The molecule has 3 aromatic heterocycles. The number of pyridine rings is 1. The highest BCUT2D eigenvalue weighted by Gasteiger charge is 2.30. The summed E-state index contributed by atoms with van der Waals surface area (Å²) >= 11 is 0. The predicted octanol–water partition coefficient (Wildman–Crippen LogP) is 2.51. The summed E-state index contributed by atoms with van der Waals surface area (Å²) in [6.45, 7) is 3.51. The van der Waals surface area contributed by atoms with E-state index in [1.165, 1.54) is 23.9 Å². The Kier molecular flexibility index (Phi) is 5.06. The van der Waals surface area contributed by atoms with Gasteiger partial charge in [0, 0.05) is 58.6 Å². The fourth-order valence-corrected chi connectivity index (χ4v) is 3.44. The Balaban J connectivity index is 1.86. The van der Waals surface area contributed by atoms with Crippen LogP contribution in [0.2, 0.25) is 0 Å². The summed E-state index contributed by atoms with van der Waals surface area (Å²) in [6, 6.07) is 3.15. The molecule has 1 aliphatic rings. The number of hydrogen-bond donors (Lipinski definition) is 1. The summed E-state index contributed by atoms with van der Waals surface area (Å²) in [4.78, 5) is 25.5. The number of halogens is 2. The van der Waals surface area contributed by atoms with Crippen molar-refractivity contribution < 1.29 is 18.3 Å². The average Bonchev–Trinajstić information content (AvgIpc) is 3.31. The highest BCUT2D eigenvalue weighted by molar-refractivity contribution is 5.95. The molecule has 4 heterocycles. The lowest BCUT2D eigenvalue weighted by molar-refractivity contribution is -0.114. The number of nitrogens with one attached hydrogen (secondary N) is 1. The first kappa shape index (κ1) is 20.1. The summed E-state index contributed by atoms with van der Waals surface area (Å²) in [5.74, 6) is -2.89. The minimum Gasteiger partial charge on any atom is -0.380 e. The third kappa shape index (κ3) is 3.80. The first-order chi connectivity index (χ1) is 14.3. The van der Waals surface area contributed by atoms with Crippen molar-refractivity contribution in [3.8, 4) is 5.82 Å². The van der Waals surface area contributed by atoms with Crippen molar-refractivity contribution in [2.24, 2.45) is 0 Å². The van der Waals surface area contributed by atoms with Gasteiger partial charge < -0.3 is 15.0 Å². The van der Waals surface area contributed by atoms with Crippen LogP contribution in [0.25, 0.3) is 16.7 Å². The summed E-state index contributed by atoms with van der Waals surface area (Å²) in [6.07, 6.45) is 3.81. The lowest BCUT2D eigenvalue weighted by Crippen LogP contribution is -2.23. The fraction of sp³-hybridized carbons (Fsp3) is 0.421. The topological polar surface area (TPSA) is 98.1 Å². The molecule has 1 N–H and O–H groups in total. The summed E-state index contributed by atoms with van der Waals surface area (Å²) in [7, 11) is 1.67. The van der Waals surface area contributed by atoms with E-state index in [1.807, 2.05) is 0 Å². The number of rotatable bonds is 5. The third-order valence-corrected chi connectivity index (χ3v) is 4.88. The van der Waals surface area contributed by atoms with Crippen LogP contribution >= 0.6 is 0 Å². The number of aromatic nitrogens is 5. The fourth-order valence-electron chi connectivity index (χ4n) is 3.44. The maximum atomic E-state index is 13.8. The predicted molar refractivity (Wildman–Crippen MR) is 106 cm³/mol. The smallest absolute Gasteiger partial charge is 0.303 e. The van der Waals surface area contributed by atoms with Gasteiger partial charge in [0.1, 0.15) is 5.82 Å². The number of nitrogens with zero attached hydrogens (tertiary/aromatic N) is 6. The van der Waals surface area contributed by atoms with E-state index in [1.54, 1.807) is 19.4 Å². The zero-order valence-corrected chi connectivity index (χ0v) is 16.8. The number of carbonyl (C=O) groups excluding carboxylic acids is 1. The number of amides is 1. The summed E-state index contributed by atoms with van der Waals surface area (Å²) in [5, 5.41) is 7.99. The highest BCUT2D eigenvalue weighted by Crippen LogP contribution is 2.32. The number of methoxy groups -OCH3 is 1. The van der Waals surface area contributed by atoms with E-state index in [9.17, 15) is 13.6 Å². The molecular formula is C19H21F2N7O2. The molecule has 1 aliphatic heterocycles. The zero-order chi connectivity index (χ0) is 21.5. The molecule has 0 aromatic carbocycles. The molecule has 0 bridgehead atoms. The zero-order valence-electron chi connectivity index (χ0n) is 16.8. The Labute approximate surface area is 171 Å². The number of fused-ring (bicyclic) bond motifs is 1. The molecular weight excluding hydrogens is 396 g/mol. The van der Waals surface area contributed by atoms with Gasteiger partial charge in [0.2, 0.25) is 11.7 Å². The molecule has 11 heteroatoms. The molecule has 158 valence electrons. The second kappa shape index (κ2) is 7.56. The van der Waals surface area contributed by atoms with Gasteiger partial charge in [-0.3, -0.25) is 4.79 Å². The largest absolute Gasteiger partial charge is 0.380 e. The van der Waals surface area contributed by atoms with Crippen molar-refractivity contribution in [1.82, 2.24) is 24.7 Å². The molecule has 1 unspecified atom stereocenters. The Bertz CT molecular complexity index is 1100. The molecule has 30 heavy (non-hydrogen) atoms. The lowest BCUT2D eigenvalue weighted by Gasteiger charge is -2.15. The minimum atomic E-state index is -3.19. The van der Waals surface area contributed by atoms with E-state index in [2.05, 4.69) is 30.3 Å². The number of carbonyl (C=O) groups is 1. The van der Waals surface area contributed by atoms with E-state index >= 15 is 0 Å². The maximum Gasteiger partial charge on any atom is 0.303 e. The van der Waals surface area contributed by atoms with Crippen LogP contribution in [-0.4, -0.2) is 56.9 Å². The van der Waals surface area contributed by atoms with E-state index in [0.717, 1.165) is 19.9 Å². The molecule has 1 saturated heterocycles. The van der Waals surface area contributed by atoms with E-state index in [4.69, 9.17) is 4.74 Å². The van der Waals surface area contributed by atoms with Crippen molar-refractivity contribution >= 4 is 28.4 Å². The van der Waals surface area contributed by atoms with E-state index in [-0.39, 0.29) is 17.8 Å². The number of alkyl halides is 2. The van der Waals surface area contributed by atoms with Crippen LogP contribution in [-0.2, 0) is 15.5 Å². The number of anilines is 2. The SMILES string of the molecule is COC1CCN(c2nn(-c3ccnc(C(C)(F)F)n3)c3cc(NC(C)=O)ncc23)C1. The Morgan fingerprint density at radius 2 is 2.17 bits per heavy atom. The van der Waals surface area contributed by atoms with Crippen LogP contribution in [0.4, 0.5) is 20.4 Å². The van der Waals surface area contributed by atoms with Gasteiger partial charge in [-0.05, 0) is 6.42 Å². The molecule has 1 atom stereocenters. The quantitative estimate of drug-likeness (QED) is 0.681. The second-order valence-corrected chi connectivity index (χ2v) is 7.22. The molecule has 3 aromatic rings. The Hall–Kier alpha value is -3.21. The standard InChI is InChI=1S/C19H21F2N7O2/c1-11(29)24-15-8-14-13(9-23-15)17(27-7-5-12(10-27)30-3)26-28(14)16-4-6-22-18(25-16)19(2,20)21/h4,6,8-9,12H,5,7,10H2,1-3H3,(H,23,24,29). The van der Waals surface area contributed by atoms with Crippen molar-refractivity contribution in [3.05, 3.63) is 30.4 Å². The van der Waals surface area contributed by atoms with Crippen LogP contribution in [0, 0.1) is 0 Å². The molecule has 1 fully saturated rings. The van der Waals surface area contributed by atoms with E-state index in [0.29, 0.717) is 29.1 Å². The van der Waals surface area contributed by atoms with Crippen LogP contribution in [0.1, 0.15) is 26.1 Å². The summed E-state index contributed by atoms with van der Waals surface area (Å²) in [5.41, 5.74) is 0.577. The molecule has 0 saturated carbocycles. The third-order valence-electron chi connectivity index (χ3n) is 4.88. The number of ether oxygens (including phenoxy) is 1. The normalized spacial score (nSPS) is 17.0. The maximum absolute atomic E-state index is 13.8. The van der Waals surface area contributed by atoms with Crippen LogP contribution in [0.3, 0.4) is 0 Å². The van der Waals surface area contributed by atoms with Gasteiger partial charge >= 0.3 is 5.92 Å². The van der Waals surface area contributed by atoms with Crippen molar-refractivity contribution in [3.63, 3.8) is 0 Å². The van der Waals surface area contributed by atoms with Gasteiger partial charge in [0.05, 0.1) is 17.0 Å². The van der Waals surface area contributed by atoms with Crippen molar-refractivity contribution in [2.75, 3.05) is 30.4 Å². The first-order valence-corrected chi connectivity index (χ1v) is 9.42. The van der Waals surface area contributed by atoms with Crippen molar-refractivity contribution in [2.45, 2.75) is 32.3 Å². The molecule has 1 amide bonds. The lowest BCUT2D eigenvalue weighted by atomic mass is 10.3. The minimum absolute atomic E-state index is 0.0845. The molecule has 4 rings (SSSR count). The van der Waals surface area contributed by atoms with Gasteiger partial charge in [-0.1, -0.05) is 0 Å². The monoisotopic (exact) mass is 417 g/mol. The van der Waals surface area contributed by atoms with Gasteiger partial charge in [0.25, 0.3) is 0 Å². The highest BCUT2D eigenvalue weighted by atomic mass is 19.3. The first-order valence-electron chi connectivity index (χ1n) is 9.42. The summed E-state index contributed by atoms with van der Waals surface area (Å²) < 4.78 is 34.4. The van der Waals surface area contributed by atoms with Gasteiger partial charge in [-0.25, -0.2) is 19.6 Å². The van der Waals surface area contributed by atoms with Gasteiger partial charge in [-0.15, -0.1) is 5.10 Å². The second-order valence-electron chi connectivity index (χ2n) is 7.22. The molecule has 0 aliphatic carbocycles. The number of hydrogen-bond acceptors (Lipinski definition) is 7. The average molecular weight is 417 g/mol. The van der Waals surface area contributed by atoms with Crippen LogP contribution < -0.4 is 10.2 Å². The molecule has 0 spiro atoms. The molecule has 0 radical (unpaired) electrons. The molecule has 9 nitrogen and oxygen atoms in total. The van der Waals surface area contributed by atoms with Crippen LogP contribution in [0.5, 0.6) is 0 Å². The van der Waals surface area contributed by atoms with Gasteiger partial charge in [0.15, 0.2) is 11.6 Å². The van der Waals surface area contributed by atoms with Gasteiger partial charge in [-0.2, -0.15) is 8.78 Å². The Morgan fingerprint density at radius 1 is 1.37 bits per heavy atom.